The van der Waals surface area contributed by atoms with Crippen LogP contribution in [0.5, 0.6) is 0 Å². The van der Waals surface area contributed by atoms with Crippen molar-refractivity contribution in [3.8, 4) is 0 Å². The molecule has 3 N–H and O–H groups in total. The Hall–Kier alpha value is -2.76. The van der Waals surface area contributed by atoms with Gasteiger partial charge in [0.15, 0.2) is 0 Å². The van der Waals surface area contributed by atoms with Gasteiger partial charge in [-0.15, -0.1) is 0 Å². The lowest BCUT2D eigenvalue weighted by molar-refractivity contribution is 0.950. The minimum absolute atomic E-state index is 0.583. The normalized spacial score (nSPS) is 10.7. The number of nitrogens with zero attached hydrogens (tertiary/aromatic N) is 4. The predicted molar refractivity (Wildman–Crippen MR) is 78.0 cm³/mol. The Morgan fingerprint density at radius 3 is 2.90 bits per heavy atom. The molecule has 6 heteroatoms. The molecule has 20 heavy (non-hydrogen) atoms. The Kier molecular flexibility index (Phi) is 3.12. The van der Waals surface area contributed by atoms with Gasteiger partial charge < -0.3 is 11.1 Å². The molecule has 0 amide bonds. The van der Waals surface area contributed by atoms with Crippen LogP contribution in [0.1, 0.15) is 11.5 Å². The molecular formula is C14H14N6. The van der Waals surface area contributed by atoms with Gasteiger partial charge in [-0.25, -0.2) is 19.9 Å². The lowest BCUT2D eigenvalue weighted by Crippen LogP contribution is -2.05. The number of nitrogen functional groups attached to an aromatic ring is 1. The summed E-state index contributed by atoms with van der Waals surface area (Å²) >= 11 is 0. The van der Waals surface area contributed by atoms with Gasteiger partial charge in [-0.05, 0) is 31.2 Å². The number of hydrogen-bond acceptors (Lipinski definition) is 6. The highest BCUT2D eigenvalue weighted by atomic mass is 15.0. The summed E-state index contributed by atoms with van der Waals surface area (Å²) in [6, 6.07) is 7.46. The van der Waals surface area contributed by atoms with E-state index in [1.165, 1.54) is 6.33 Å². The Balaban J connectivity index is 1.87. The summed E-state index contributed by atoms with van der Waals surface area (Å²) in [6.45, 7) is 2.45. The van der Waals surface area contributed by atoms with Crippen LogP contribution in [0.25, 0.3) is 10.9 Å². The van der Waals surface area contributed by atoms with Gasteiger partial charge >= 0.3 is 0 Å². The van der Waals surface area contributed by atoms with E-state index >= 15 is 0 Å². The first-order valence-electron chi connectivity index (χ1n) is 6.25. The zero-order valence-electron chi connectivity index (χ0n) is 11.0. The smallest absolute Gasteiger partial charge is 0.137 e. The van der Waals surface area contributed by atoms with E-state index in [0.29, 0.717) is 12.2 Å². The van der Waals surface area contributed by atoms with Gasteiger partial charge in [0.2, 0.25) is 0 Å². The van der Waals surface area contributed by atoms with E-state index in [0.717, 1.165) is 28.2 Å². The molecule has 0 bridgehead atoms. The predicted octanol–water partition coefficient (Wildman–Crippen LogP) is 1.92. The lowest BCUT2D eigenvalue weighted by Gasteiger charge is -2.08. The molecule has 0 fully saturated rings. The van der Waals surface area contributed by atoms with Crippen molar-refractivity contribution >= 4 is 22.4 Å². The van der Waals surface area contributed by atoms with E-state index in [1.807, 2.05) is 31.2 Å². The Bertz CT molecular complexity index is 755. The van der Waals surface area contributed by atoms with Crippen molar-refractivity contribution in [2.24, 2.45) is 0 Å². The van der Waals surface area contributed by atoms with Crippen molar-refractivity contribution in [1.82, 2.24) is 19.9 Å². The topological polar surface area (TPSA) is 89.6 Å². The summed E-state index contributed by atoms with van der Waals surface area (Å²) < 4.78 is 0. The van der Waals surface area contributed by atoms with Crippen LogP contribution in [0.15, 0.2) is 36.8 Å². The van der Waals surface area contributed by atoms with Crippen LogP contribution >= 0.6 is 0 Å². The highest BCUT2D eigenvalue weighted by Crippen LogP contribution is 2.21. The van der Waals surface area contributed by atoms with Gasteiger partial charge in [-0.1, -0.05) is 0 Å². The largest absolute Gasteiger partial charge is 0.399 e. The molecule has 0 aliphatic heterocycles. The minimum Gasteiger partial charge on any atom is -0.399 e. The first-order chi connectivity index (χ1) is 9.72. The first-order valence-corrected chi connectivity index (χ1v) is 6.25. The highest BCUT2D eigenvalue weighted by molar-refractivity contribution is 5.90. The number of aromatic nitrogens is 4. The zero-order chi connectivity index (χ0) is 13.9. The van der Waals surface area contributed by atoms with Crippen LogP contribution < -0.4 is 11.1 Å². The van der Waals surface area contributed by atoms with Crippen molar-refractivity contribution in [3.63, 3.8) is 0 Å². The highest BCUT2D eigenvalue weighted by Gasteiger charge is 2.04. The monoisotopic (exact) mass is 266 g/mol. The molecule has 0 aliphatic rings. The first kappa shape index (κ1) is 12.3. The second kappa shape index (κ2) is 5.08. The molecule has 0 radical (unpaired) electrons. The summed E-state index contributed by atoms with van der Waals surface area (Å²) in [5, 5.41) is 4.21. The minimum atomic E-state index is 0.583. The fourth-order valence-corrected chi connectivity index (χ4v) is 1.99. The van der Waals surface area contributed by atoms with E-state index in [1.54, 1.807) is 6.20 Å². The summed E-state index contributed by atoms with van der Waals surface area (Å²) in [5.41, 5.74) is 8.18. The van der Waals surface area contributed by atoms with Crippen molar-refractivity contribution in [3.05, 3.63) is 48.3 Å². The molecule has 0 saturated heterocycles. The third-order valence-electron chi connectivity index (χ3n) is 2.93. The van der Waals surface area contributed by atoms with Crippen molar-refractivity contribution in [2.45, 2.75) is 13.5 Å². The number of aryl methyl sites for hydroxylation is 1. The van der Waals surface area contributed by atoms with Crippen molar-refractivity contribution < 1.29 is 0 Å². The van der Waals surface area contributed by atoms with Crippen LogP contribution in [-0.2, 0) is 6.54 Å². The average Bonchev–Trinajstić information content (AvgIpc) is 2.44. The third kappa shape index (κ3) is 2.49. The standard InChI is InChI=1S/C14H14N6/c1-9-16-5-4-11(20-9)7-17-14-12-3-2-10(15)6-13(12)18-8-19-14/h2-6,8H,7,15H2,1H3,(H,17,18,19). The zero-order valence-corrected chi connectivity index (χ0v) is 11.0. The van der Waals surface area contributed by atoms with Crippen LogP contribution in [0.3, 0.4) is 0 Å². The quantitative estimate of drug-likeness (QED) is 0.704. The number of anilines is 2. The molecule has 0 saturated carbocycles. The molecule has 2 aromatic heterocycles. The van der Waals surface area contributed by atoms with Crippen molar-refractivity contribution in [1.29, 1.82) is 0 Å². The lowest BCUT2D eigenvalue weighted by atomic mass is 10.2. The number of nitrogens with two attached hydrogens (primary N) is 1. The number of nitrogens with one attached hydrogen (secondary N) is 1. The van der Waals surface area contributed by atoms with Gasteiger partial charge in [-0.3, -0.25) is 0 Å². The molecule has 6 nitrogen and oxygen atoms in total. The fourth-order valence-electron chi connectivity index (χ4n) is 1.99. The summed E-state index contributed by atoms with van der Waals surface area (Å²) in [5.74, 6) is 1.52. The Labute approximate surface area is 116 Å². The van der Waals surface area contributed by atoms with Crippen molar-refractivity contribution in [2.75, 3.05) is 11.1 Å². The second-order valence-corrected chi connectivity index (χ2v) is 4.45. The average molecular weight is 266 g/mol. The van der Waals surface area contributed by atoms with Gasteiger partial charge in [0.05, 0.1) is 17.8 Å². The van der Waals surface area contributed by atoms with E-state index in [9.17, 15) is 0 Å². The van der Waals surface area contributed by atoms with Gasteiger partial charge in [0.25, 0.3) is 0 Å². The Morgan fingerprint density at radius 1 is 1.15 bits per heavy atom. The molecule has 0 aliphatic carbocycles. The van der Waals surface area contributed by atoms with Crippen LogP contribution in [0.4, 0.5) is 11.5 Å². The number of hydrogen-bond donors (Lipinski definition) is 2. The molecule has 0 atom stereocenters. The molecule has 3 aromatic rings. The fraction of sp³-hybridized carbons (Fsp3) is 0.143. The number of benzene rings is 1. The number of fused-ring (bicyclic) bond motifs is 1. The van der Waals surface area contributed by atoms with Crippen LogP contribution in [0, 0.1) is 6.92 Å². The Morgan fingerprint density at radius 2 is 2.05 bits per heavy atom. The summed E-state index contributed by atoms with van der Waals surface area (Å²) in [4.78, 5) is 16.9. The van der Waals surface area contributed by atoms with E-state index in [-0.39, 0.29) is 0 Å². The van der Waals surface area contributed by atoms with E-state index in [2.05, 4.69) is 25.3 Å². The maximum atomic E-state index is 5.76. The molecule has 2 heterocycles. The maximum absolute atomic E-state index is 5.76. The van der Waals surface area contributed by atoms with Gasteiger partial charge in [0.1, 0.15) is 18.0 Å². The molecule has 1 aromatic carbocycles. The molecule has 100 valence electrons. The van der Waals surface area contributed by atoms with Gasteiger partial charge in [-0.2, -0.15) is 0 Å². The van der Waals surface area contributed by atoms with E-state index < -0.39 is 0 Å². The molecule has 3 rings (SSSR count). The van der Waals surface area contributed by atoms with E-state index in [4.69, 9.17) is 5.73 Å². The maximum Gasteiger partial charge on any atom is 0.137 e. The number of rotatable bonds is 3. The third-order valence-corrected chi connectivity index (χ3v) is 2.93. The second-order valence-electron chi connectivity index (χ2n) is 4.45. The van der Waals surface area contributed by atoms with Gasteiger partial charge in [0, 0.05) is 17.3 Å². The van der Waals surface area contributed by atoms with Crippen LogP contribution in [0.2, 0.25) is 0 Å². The molecular weight excluding hydrogens is 252 g/mol. The SMILES string of the molecule is Cc1nccc(CNc2ncnc3cc(N)ccc23)n1. The summed E-state index contributed by atoms with van der Waals surface area (Å²) in [6.07, 6.45) is 3.27. The van der Waals surface area contributed by atoms with Crippen LogP contribution in [-0.4, -0.2) is 19.9 Å². The molecule has 0 spiro atoms. The summed E-state index contributed by atoms with van der Waals surface area (Å²) in [7, 11) is 0. The molecule has 0 unspecified atom stereocenters.